The predicted octanol–water partition coefficient (Wildman–Crippen LogP) is 10.9. The second-order valence-corrected chi connectivity index (χ2v) is 13.1. The molecule has 4 aromatic rings. The van der Waals surface area contributed by atoms with Crippen LogP contribution >= 0.6 is 11.6 Å². The summed E-state index contributed by atoms with van der Waals surface area (Å²) in [5.74, 6) is -0.333. The van der Waals surface area contributed by atoms with Gasteiger partial charge in [0.2, 0.25) is 5.24 Å². The fraction of sp³-hybridized carbons (Fsp3) is 0.318. The van der Waals surface area contributed by atoms with Crippen LogP contribution in [-0.4, -0.2) is 41.6 Å². The van der Waals surface area contributed by atoms with Crippen LogP contribution in [0.5, 0.6) is 0 Å². The number of nitrogens with zero attached hydrogens (tertiary/aromatic N) is 2. The van der Waals surface area contributed by atoms with Gasteiger partial charge in [-0.1, -0.05) is 98.8 Å². The normalized spacial score (nSPS) is 11.4. The van der Waals surface area contributed by atoms with Gasteiger partial charge in [-0.05, 0) is 114 Å². The number of hydrogen-bond acceptors (Lipinski definition) is 6. The summed E-state index contributed by atoms with van der Waals surface area (Å²) in [6.45, 7) is 23.9. The van der Waals surface area contributed by atoms with Crippen molar-refractivity contribution in [1.29, 1.82) is 0 Å². The molecule has 2 unspecified atom stereocenters. The van der Waals surface area contributed by atoms with Crippen molar-refractivity contribution in [2.24, 2.45) is 0 Å². The Kier molecular flexibility index (Phi) is 18.0. The quantitative estimate of drug-likeness (QED) is 0.0846. The Morgan fingerprint density at radius 1 is 0.686 bits per heavy atom. The van der Waals surface area contributed by atoms with Crippen LogP contribution in [0.2, 0.25) is 0 Å². The zero-order valence-electron chi connectivity index (χ0n) is 31.6. The van der Waals surface area contributed by atoms with Crippen LogP contribution in [0.1, 0.15) is 62.8 Å². The van der Waals surface area contributed by atoms with Gasteiger partial charge in [-0.15, -0.1) is 0 Å². The Morgan fingerprint density at radius 2 is 1.10 bits per heavy atom. The molecule has 4 aromatic carbocycles. The van der Waals surface area contributed by atoms with Gasteiger partial charge in [0.25, 0.3) is 0 Å². The molecule has 0 aliphatic carbocycles. The summed E-state index contributed by atoms with van der Waals surface area (Å²) < 4.78 is 5.62. The number of hydrogen-bond donors (Lipinski definition) is 1. The van der Waals surface area contributed by atoms with Gasteiger partial charge in [0, 0.05) is 40.4 Å². The van der Waals surface area contributed by atoms with Gasteiger partial charge in [-0.3, -0.25) is 4.79 Å². The zero-order valence-corrected chi connectivity index (χ0v) is 32.3. The van der Waals surface area contributed by atoms with Crippen LogP contribution in [0.25, 0.3) is 0 Å². The van der Waals surface area contributed by atoms with Crippen molar-refractivity contribution < 1.29 is 19.4 Å². The Labute approximate surface area is 311 Å². The van der Waals surface area contributed by atoms with E-state index in [1.165, 1.54) is 22.3 Å². The minimum Gasteiger partial charge on any atom is -0.457 e. The third-order valence-corrected chi connectivity index (χ3v) is 8.41. The maximum Gasteiger partial charge on any atom is 0.333 e. The first-order chi connectivity index (χ1) is 24.2. The van der Waals surface area contributed by atoms with Gasteiger partial charge < -0.3 is 19.6 Å². The minimum atomic E-state index is -0.463. The number of para-hydroxylation sites is 2. The number of esters is 1. The zero-order chi connectivity index (χ0) is 38.1. The van der Waals surface area contributed by atoms with E-state index in [1.807, 2.05) is 50.2 Å². The Balaban J connectivity index is 0.000000310. The molecule has 1 N–H and O–H groups in total. The Hall–Kier alpha value is -4.65. The number of aliphatic hydroxyl groups excluding tert-OH is 1. The van der Waals surface area contributed by atoms with E-state index in [4.69, 9.17) is 16.3 Å². The largest absolute Gasteiger partial charge is 0.457 e. The highest BCUT2D eigenvalue weighted by Gasteiger charge is 2.20. The molecular weight excluding hydrogens is 656 g/mol. The molecule has 0 fully saturated rings. The van der Waals surface area contributed by atoms with Gasteiger partial charge >= 0.3 is 5.97 Å². The number of halogens is 1. The minimum absolute atomic E-state index is 0.204. The van der Waals surface area contributed by atoms with E-state index in [2.05, 4.69) is 111 Å². The molecule has 0 saturated carbocycles. The maximum absolute atomic E-state index is 11.9. The molecule has 51 heavy (non-hydrogen) atoms. The topological polar surface area (TPSA) is 70.1 Å². The van der Waals surface area contributed by atoms with Crippen molar-refractivity contribution in [3.63, 3.8) is 0 Å². The monoisotopic (exact) mass is 710 g/mol. The number of aryl methyl sites for hydroxylation is 4. The first-order valence-corrected chi connectivity index (χ1v) is 17.8. The summed E-state index contributed by atoms with van der Waals surface area (Å²) in [6.07, 6.45) is 0.975. The molecule has 7 heteroatoms. The fourth-order valence-corrected chi connectivity index (χ4v) is 5.16. The van der Waals surface area contributed by atoms with Gasteiger partial charge in [0.15, 0.2) is 0 Å². The van der Waals surface area contributed by atoms with Gasteiger partial charge in [-0.25, -0.2) is 4.79 Å². The molecule has 0 heterocycles. The highest BCUT2D eigenvalue weighted by atomic mass is 35.5. The number of rotatable bonds is 13. The third-order valence-electron chi connectivity index (χ3n) is 8.09. The van der Waals surface area contributed by atoms with Crippen LogP contribution in [-0.2, 0) is 14.3 Å². The molecule has 0 aromatic heterocycles. The molecule has 272 valence electrons. The third kappa shape index (κ3) is 14.2. The van der Waals surface area contributed by atoms with Crippen molar-refractivity contribution in [2.75, 3.05) is 22.9 Å². The number of allylic oxidation sites excluding steroid dienone is 1. The molecule has 2 atom stereocenters. The van der Waals surface area contributed by atoms with Crippen LogP contribution < -0.4 is 9.80 Å². The second kappa shape index (κ2) is 21.5. The predicted molar refractivity (Wildman–Crippen MR) is 216 cm³/mol. The Bertz CT molecular complexity index is 1710. The Morgan fingerprint density at radius 3 is 1.43 bits per heavy atom. The summed E-state index contributed by atoms with van der Waals surface area (Å²) >= 11 is 4.87. The van der Waals surface area contributed by atoms with Crippen molar-refractivity contribution >= 4 is 45.6 Å². The summed E-state index contributed by atoms with van der Waals surface area (Å²) in [5.41, 5.74) is 10.2. The average molecular weight is 711 g/mol. The van der Waals surface area contributed by atoms with Crippen molar-refractivity contribution in [1.82, 2.24) is 0 Å². The summed E-state index contributed by atoms with van der Waals surface area (Å²) in [6, 6.07) is 33.3. The first-order valence-electron chi connectivity index (χ1n) is 17.4. The number of anilines is 4. The van der Waals surface area contributed by atoms with Crippen LogP contribution in [0, 0.1) is 27.7 Å². The van der Waals surface area contributed by atoms with E-state index in [1.54, 1.807) is 13.8 Å². The molecule has 0 aliphatic heterocycles. The van der Waals surface area contributed by atoms with E-state index in [9.17, 15) is 14.7 Å². The van der Waals surface area contributed by atoms with Gasteiger partial charge in [0.05, 0.1) is 12.6 Å². The second-order valence-electron chi connectivity index (χ2n) is 12.8. The molecule has 4 rings (SSSR count). The van der Waals surface area contributed by atoms with E-state index in [-0.39, 0.29) is 18.2 Å². The number of carbonyl (C=O) groups excluding carboxylic acids is 2. The van der Waals surface area contributed by atoms with E-state index < -0.39 is 5.24 Å². The summed E-state index contributed by atoms with van der Waals surface area (Å²) in [4.78, 5) is 26.2. The molecule has 6 nitrogen and oxygen atoms in total. The average Bonchev–Trinajstić information content (AvgIpc) is 3.10. The molecule has 0 spiro atoms. The molecule has 0 bridgehead atoms. The van der Waals surface area contributed by atoms with E-state index in [0.717, 1.165) is 35.6 Å². The highest BCUT2D eigenvalue weighted by molar-refractivity contribution is 6.67. The van der Waals surface area contributed by atoms with Crippen LogP contribution in [0.15, 0.2) is 121 Å². The molecule has 0 aliphatic rings. The molecule has 0 radical (unpaired) electrons. The molecule has 0 saturated heterocycles. The lowest BCUT2D eigenvalue weighted by Crippen LogP contribution is -2.32. The van der Waals surface area contributed by atoms with Crippen LogP contribution in [0.3, 0.4) is 0 Å². The van der Waals surface area contributed by atoms with E-state index >= 15 is 0 Å². The number of aliphatic hydroxyl groups is 1. The van der Waals surface area contributed by atoms with Crippen molar-refractivity contribution in [2.45, 2.75) is 80.4 Å². The van der Waals surface area contributed by atoms with Gasteiger partial charge in [-0.2, -0.15) is 0 Å². The standard InChI is InChI=1S/C22H27NO2.C18H23NO.C4H5ClO/c1-6-20(25-22(24)16(2)3)15-23(19-10-8-7-9-11-19)21-13-12-17(4)14-18(21)5;1-4-17(20)13-19(16-8-6-5-7-9-16)18-11-10-14(2)12-15(18)3;1-3(2)4(5)6/h7-14,20H,2,6,15H2,1,3-5H3;5-12,17,20H,4,13H2,1-3H3;1H2,2H3. The molecule has 0 amide bonds. The van der Waals surface area contributed by atoms with Gasteiger partial charge in [0.1, 0.15) is 6.10 Å². The highest BCUT2D eigenvalue weighted by Crippen LogP contribution is 2.31. The van der Waals surface area contributed by atoms with Crippen LogP contribution in [0.4, 0.5) is 22.7 Å². The maximum atomic E-state index is 11.9. The van der Waals surface area contributed by atoms with Crippen molar-refractivity contribution in [3.05, 3.63) is 144 Å². The smallest absolute Gasteiger partial charge is 0.333 e. The fourth-order valence-electron chi connectivity index (χ4n) is 5.16. The lowest BCUT2D eigenvalue weighted by Gasteiger charge is -2.30. The van der Waals surface area contributed by atoms with Crippen molar-refractivity contribution in [3.8, 4) is 0 Å². The lowest BCUT2D eigenvalue weighted by molar-refractivity contribution is -0.143. The SMILES string of the molecule is C=C(C)C(=O)Cl.C=C(C)C(=O)OC(CC)CN(c1ccccc1)c1ccc(C)cc1C.CCC(O)CN(c1ccccc1)c1ccc(C)cc1C. The molecular formula is C44H55ClN2O4. The number of ether oxygens (including phenoxy) is 1. The summed E-state index contributed by atoms with van der Waals surface area (Å²) in [5, 5.41) is 9.59. The summed E-state index contributed by atoms with van der Waals surface area (Å²) in [7, 11) is 0. The van der Waals surface area contributed by atoms with E-state index in [0.29, 0.717) is 24.2 Å². The number of carbonyl (C=O) groups is 2. The number of benzene rings is 4. The first kappa shape index (κ1) is 42.5. The lowest BCUT2D eigenvalue weighted by atomic mass is 10.1.